The van der Waals surface area contributed by atoms with E-state index in [1.807, 2.05) is 6.92 Å². The van der Waals surface area contributed by atoms with Gasteiger partial charge in [-0.1, -0.05) is 51.1 Å². The maximum absolute atomic E-state index is 12.2. The summed E-state index contributed by atoms with van der Waals surface area (Å²) in [6.45, 7) is 9.54. The van der Waals surface area contributed by atoms with Crippen molar-refractivity contribution in [1.29, 1.82) is 0 Å². The summed E-state index contributed by atoms with van der Waals surface area (Å²) in [5.41, 5.74) is 0.335. The van der Waals surface area contributed by atoms with E-state index in [1.165, 1.54) is 44.7 Å². The molecule has 2 N–H and O–H groups in total. The van der Waals surface area contributed by atoms with Crippen LogP contribution >= 0.6 is 11.6 Å². The van der Waals surface area contributed by atoms with E-state index in [2.05, 4.69) is 34.3 Å². The molecule has 0 saturated carbocycles. The van der Waals surface area contributed by atoms with Crippen LogP contribution in [-0.2, 0) is 0 Å². The lowest BCUT2D eigenvalue weighted by Crippen LogP contribution is -2.42. The van der Waals surface area contributed by atoms with E-state index in [9.17, 15) is 4.79 Å². The van der Waals surface area contributed by atoms with Gasteiger partial charge in [-0.2, -0.15) is 5.10 Å². The molecular weight excluding hydrogens is 312 g/mol. The number of amides is 1. The van der Waals surface area contributed by atoms with Crippen LogP contribution in [0.2, 0.25) is 5.02 Å². The molecule has 1 aromatic heterocycles. The molecule has 0 aliphatic heterocycles. The van der Waals surface area contributed by atoms with Crippen molar-refractivity contribution in [2.24, 2.45) is 0 Å². The number of H-pyrrole nitrogens is 1. The molecule has 0 aromatic carbocycles. The van der Waals surface area contributed by atoms with Crippen molar-refractivity contribution in [2.75, 3.05) is 19.6 Å². The highest BCUT2D eigenvalue weighted by atomic mass is 35.5. The van der Waals surface area contributed by atoms with Crippen LogP contribution in [0.5, 0.6) is 0 Å². The first kappa shape index (κ1) is 20.0. The molecule has 0 radical (unpaired) electrons. The molecule has 0 bridgehead atoms. The number of nitrogens with one attached hydrogen (secondary N) is 2. The highest BCUT2D eigenvalue weighted by molar-refractivity contribution is 6.33. The first-order chi connectivity index (χ1) is 11.1. The smallest absolute Gasteiger partial charge is 0.271 e. The van der Waals surface area contributed by atoms with Crippen LogP contribution in [0.3, 0.4) is 0 Å². The second-order valence-electron chi connectivity index (χ2n) is 6.18. The second kappa shape index (κ2) is 11.5. The van der Waals surface area contributed by atoms with Crippen molar-refractivity contribution in [3.05, 3.63) is 16.9 Å². The monoisotopic (exact) mass is 342 g/mol. The molecular formula is C17H31ClN4O. The van der Waals surface area contributed by atoms with Crippen molar-refractivity contribution in [1.82, 2.24) is 20.4 Å². The lowest BCUT2D eigenvalue weighted by Gasteiger charge is -2.26. The predicted octanol–water partition coefficient (Wildman–Crippen LogP) is 3.86. The van der Waals surface area contributed by atoms with Crippen molar-refractivity contribution in [3.8, 4) is 0 Å². The van der Waals surface area contributed by atoms with Crippen LogP contribution in [0.25, 0.3) is 0 Å². The fourth-order valence-corrected chi connectivity index (χ4v) is 2.80. The number of carbonyl (C=O) groups excluding carboxylic acids is 1. The van der Waals surface area contributed by atoms with Crippen molar-refractivity contribution in [2.45, 2.75) is 65.3 Å². The summed E-state index contributed by atoms with van der Waals surface area (Å²) in [5.74, 6) is -0.193. The van der Waals surface area contributed by atoms with Crippen LogP contribution in [0.1, 0.15) is 69.8 Å². The van der Waals surface area contributed by atoms with Crippen LogP contribution in [0, 0.1) is 0 Å². The standard InChI is InChI=1S/C17H31ClN4O/c1-4-6-8-10-22(11-9-7-5-2)13-14(3)20-17(23)16-15(18)12-19-21-16/h12,14H,4-11,13H2,1-3H3,(H,19,21)(H,20,23). The van der Waals surface area contributed by atoms with Crippen LogP contribution < -0.4 is 5.32 Å². The molecule has 23 heavy (non-hydrogen) atoms. The lowest BCUT2D eigenvalue weighted by molar-refractivity contribution is 0.0923. The van der Waals surface area contributed by atoms with Gasteiger partial charge < -0.3 is 10.2 Å². The van der Waals surface area contributed by atoms with E-state index >= 15 is 0 Å². The highest BCUT2D eigenvalue weighted by Gasteiger charge is 2.16. The third kappa shape index (κ3) is 7.84. The molecule has 1 unspecified atom stereocenters. The molecule has 1 atom stereocenters. The number of aromatic nitrogens is 2. The van der Waals surface area contributed by atoms with E-state index < -0.39 is 0 Å². The van der Waals surface area contributed by atoms with Crippen molar-refractivity contribution < 1.29 is 4.79 Å². The molecule has 132 valence electrons. The summed E-state index contributed by atoms with van der Waals surface area (Å²) in [4.78, 5) is 14.6. The molecule has 0 saturated heterocycles. The zero-order valence-electron chi connectivity index (χ0n) is 14.7. The van der Waals surface area contributed by atoms with Gasteiger partial charge in [0.25, 0.3) is 5.91 Å². The maximum Gasteiger partial charge on any atom is 0.271 e. The molecule has 0 spiro atoms. The SMILES string of the molecule is CCCCCN(CCCCC)CC(C)NC(=O)c1[nH]ncc1Cl. The van der Waals surface area contributed by atoms with E-state index in [-0.39, 0.29) is 11.9 Å². The number of hydrogen-bond donors (Lipinski definition) is 2. The Morgan fingerprint density at radius 2 is 1.87 bits per heavy atom. The topological polar surface area (TPSA) is 61.0 Å². The quantitative estimate of drug-likeness (QED) is 0.567. The first-order valence-electron chi connectivity index (χ1n) is 8.80. The Morgan fingerprint density at radius 3 is 2.35 bits per heavy atom. The van der Waals surface area contributed by atoms with E-state index in [0.29, 0.717) is 10.7 Å². The first-order valence-corrected chi connectivity index (χ1v) is 9.18. The molecule has 0 fully saturated rings. The van der Waals surface area contributed by atoms with Gasteiger partial charge in [-0.15, -0.1) is 0 Å². The number of aromatic amines is 1. The summed E-state index contributed by atoms with van der Waals surface area (Å²) in [6.07, 6.45) is 8.86. The van der Waals surface area contributed by atoms with Gasteiger partial charge in [0.05, 0.1) is 11.2 Å². The average Bonchev–Trinajstić information content (AvgIpc) is 2.93. The summed E-state index contributed by atoms with van der Waals surface area (Å²) in [7, 11) is 0. The van der Waals surface area contributed by atoms with Gasteiger partial charge in [0, 0.05) is 12.6 Å². The number of nitrogens with zero attached hydrogens (tertiary/aromatic N) is 2. The Kier molecular flexibility index (Phi) is 9.96. The van der Waals surface area contributed by atoms with Crippen molar-refractivity contribution >= 4 is 17.5 Å². The molecule has 6 heteroatoms. The van der Waals surface area contributed by atoms with E-state index in [4.69, 9.17) is 11.6 Å². The Bertz CT molecular complexity index is 440. The average molecular weight is 343 g/mol. The zero-order valence-corrected chi connectivity index (χ0v) is 15.5. The minimum absolute atomic E-state index is 0.0742. The number of unbranched alkanes of at least 4 members (excludes halogenated alkanes) is 4. The van der Waals surface area contributed by atoms with Gasteiger partial charge in [-0.05, 0) is 32.9 Å². The van der Waals surface area contributed by atoms with Gasteiger partial charge in [0.1, 0.15) is 5.69 Å². The van der Waals surface area contributed by atoms with Crippen LogP contribution in [0.15, 0.2) is 6.20 Å². The zero-order chi connectivity index (χ0) is 17.1. The van der Waals surface area contributed by atoms with Gasteiger partial charge in [0.2, 0.25) is 0 Å². The molecule has 1 amide bonds. The second-order valence-corrected chi connectivity index (χ2v) is 6.59. The van der Waals surface area contributed by atoms with Gasteiger partial charge in [-0.3, -0.25) is 9.89 Å². The number of halogens is 1. The molecule has 1 heterocycles. The van der Waals surface area contributed by atoms with Crippen LogP contribution in [-0.4, -0.2) is 46.7 Å². The molecule has 5 nitrogen and oxygen atoms in total. The molecule has 1 aromatic rings. The molecule has 0 aliphatic rings. The summed E-state index contributed by atoms with van der Waals surface area (Å²) >= 11 is 5.93. The third-order valence-corrected chi connectivity index (χ3v) is 4.17. The number of hydrogen-bond acceptors (Lipinski definition) is 3. The summed E-state index contributed by atoms with van der Waals surface area (Å²) in [6, 6.07) is 0.0742. The van der Waals surface area contributed by atoms with E-state index in [1.54, 1.807) is 0 Å². The molecule has 0 aliphatic carbocycles. The maximum atomic E-state index is 12.2. The van der Waals surface area contributed by atoms with Crippen molar-refractivity contribution in [3.63, 3.8) is 0 Å². The Hall–Kier alpha value is -1.07. The summed E-state index contributed by atoms with van der Waals surface area (Å²) in [5, 5.41) is 9.78. The third-order valence-electron chi connectivity index (χ3n) is 3.89. The minimum Gasteiger partial charge on any atom is -0.347 e. The Morgan fingerprint density at radius 1 is 1.26 bits per heavy atom. The fraction of sp³-hybridized carbons (Fsp3) is 0.765. The lowest BCUT2D eigenvalue weighted by atomic mass is 10.2. The number of carbonyl (C=O) groups is 1. The predicted molar refractivity (Wildman–Crippen MR) is 96.0 cm³/mol. The van der Waals surface area contributed by atoms with Crippen LogP contribution in [0.4, 0.5) is 0 Å². The van der Waals surface area contributed by atoms with E-state index in [0.717, 1.165) is 19.6 Å². The van der Waals surface area contributed by atoms with Gasteiger partial charge in [-0.25, -0.2) is 0 Å². The minimum atomic E-state index is -0.193. The fourth-order valence-electron chi connectivity index (χ4n) is 2.62. The largest absolute Gasteiger partial charge is 0.347 e. The number of rotatable bonds is 12. The van der Waals surface area contributed by atoms with Gasteiger partial charge in [0.15, 0.2) is 0 Å². The molecule has 1 rings (SSSR count). The van der Waals surface area contributed by atoms with Gasteiger partial charge >= 0.3 is 0 Å². The highest BCUT2D eigenvalue weighted by Crippen LogP contribution is 2.11. The summed E-state index contributed by atoms with van der Waals surface area (Å²) < 4.78 is 0. The Labute approximate surface area is 145 Å². The normalized spacial score (nSPS) is 12.6. The Balaban J connectivity index is 2.45.